The van der Waals surface area contributed by atoms with Gasteiger partial charge in [0.25, 0.3) is 0 Å². The lowest BCUT2D eigenvalue weighted by Gasteiger charge is -2.15. The van der Waals surface area contributed by atoms with Crippen molar-refractivity contribution in [2.75, 3.05) is 0 Å². The summed E-state index contributed by atoms with van der Waals surface area (Å²) in [5, 5.41) is 3.47. The number of halogens is 2. The second-order valence-corrected chi connectivity index (χ2v) is 6.27. The third-order valence-corrected chi connectivity index (χ3v) is 4.08. The van der Waals surface area contributed by atoms with Gasteiger partial charge in [-0.15, -0.1) is 0 Å². The maximum Gasteiger partial charge on any atom is 0.124 e. The summed E-state index contributed by atoms with van der Waals surface area (Å²) in [5.41, 5.74) is 2.06. The van der Waals surface area contributed by atoms with Crippen LogP contribution in [0.15, 0.2) is 46.9 Å². The van der Waals surface area contributed by atoms with Crippen LogP contribution in [-0.2, 0) is 13.2 Å². The van der Waals surface area contributed by atoms with E-state index >= 15 is 0 Å². The Balaban J connectivity index is 2.04. The van der Waals surface area contributed by atoms with Crippen molar-refractivity contribution in [3.63, 3.8) is 0 Å². The molecule has 0 aromatic heterocycles. The Morgan fingerprint density at radius 1 is 1.18 bits per heavy atom. The molecule has 0 heterocycles. The van der Waals surface area contributed by atoms with E-state index in [0.29, 0.717) is 12.6 Å². The van der Waals surface area contributed by atoms with Gasteiger partial charge in [0.2, 0.25) is 0 Å². The van der Waals surface area contributed by atoms with Gasteiger partial charge in [0, 0.05) is 22.6 Å². The molecule has 0 saturated heterocycles. The van der Waals surface area contributed by atoms with Crippen LogP contribution in [0.1, 0.15) is 31.4 Å². The summed E-state index contributed by atoms with van der Waals surface area (Å²) < 4.78 is 19.8. The molecule has 2 rings (SSSR count). The molecule has 2 nitrogen and oxygen atoms in total. The summed E-state index contributed by atoms with van der Waals surface area (Å²) in [6.07, 6.45) is 1.08. The highest BCUT2D eigenvalue weighted by molar-refractivity contribution is 9.10. The van der Waals surface area contributed by atoms with Crippen molar-refractivity contribution in [2.24, 2.45) is 0 Å². The number of ether oxygens (including phenoxy) is 1. The molecule has 1 atom stereocenters. The van der Waals surface area contributed by atoms with Gasteiger partial charge in [-0.3, -0.25) is 0 Å². The van der Waals surface area contributed by atoms with E-state index < -0.39 is 0 Å². The monoisotopic (exact) mass is 365 g/mol. The molecule has 0 saturated carbocycles. The Hall–Kier alpha value is -1.39. The Kier molecular flexibility index (Phi) is 6.40. The van der Waals surface area contributed by atoms with Crippen LogP contribution in [-0.4, -0.2) is 6.04 Å². The smallest absolute Gasteiger partial charge is 0.124 e. The van der Waals surface area contributed by atoms with Gasteiger partial charge >= 0.3 is 0 Å². The summed E-state index contributed by atoms with van der Waals surface area (Å²) in [4.78, 5) is 0. The zero-order valence-electron chi connectivity index (χ0n) is 12.9. The minimum Gasteiger partial charge on any atom is -0.489 e. The van der Waals surface area contributed by atoms with E-state index in [-0.39, 0.29) is 5.82 Å². The van der Waals surface area contributed by atoms with E-state index in [1.165, 1.54) is 12.1 Å². The Morgan fingerprint density at radius 2 is 1.91 bits per heavy atom. The number of hydrogen-bond donors (Lipinski definition) is 1. The van der Waals surface area contributed by atoms with E-state index in [9.17, 15) is 4.39 Å². The van der Waals surface area contributed by atoms with E-state index in [1.54, 1.807) is 12.1 Å². The van der Waals surface area contributed by atoms with Crippen molar-refractivity contribution in [2.45, 2.75) is 39.5 Å². The number of hydrogen-bond acceptors (Lipinski definition) is 2. The van der Waals surface area contributed by atoms with Gasteiger partial charge in [-0.2, -0.15) is 0 Å². The van der Waals surface area contributed by atoms with Crippen molar-refractivity contribution in [3.8, 4) is 5.75 Å². The summed E-state index contributed by atoms with van der Waals surface area (Å²) in [6.45, 7) is 5.51. The molecule has 0 unspecified atom stereocenters. The van der Waals surface area contributed by atoms with Crippen molar-refractivity contribution < 1.29 is 9.13 Å². The average molecular weight is 366 g/mol. The zero-order valence-corrected chi connectivity index (χ0v) is 14.5. The van der Waals surface area contributed by atoms with Crippen LogP contribution in [0, 0.1) is 5.82 Å². The lowest BCUT2D eigenvalue weighted by atomic mass is 10.1. The van der Waals surface area contributed by atoms with Gasteiger partial charge < -0.3 is 10.1 Å². The standard InChI is InChI=1S/C18H21BrFNO/c1-3-13(2)21-11-15-10-16(19)6-9-18(15)22-12-14-4-7-17(20)8-5-14/h4-10,13,21H,3,11-12H2,1-2H3/t13-/m1/s1. The van der Waals surface area contributed by atoms with Crippen LogP contribution >= 0.6 is 15.9 Å². The zero-order chi connectivity index (χ0) is 15.9. The molecule has 118 valence electrons. The molecular weight excluding hydrogens is 345 g/mol. The third kappa shape index (κ3) is 5.11. The second-order valence-electron chi connectivity index (χ2n) is 5.36. The van der Waals surface area contributed by atoms with Crippen molar-refractivity contribution in [3.05, 3.63) is 63.9 Å². The molecule has 0 aliphatic heterocycles. The van der Waals surface area contributed by atoms with Gasteiger partial charge in [0.15, 0.2) is 0 Å². The fourth-order valence-electron chi connectivity index (χ4n) is 2.00. The molecule has 0 spiro atoms. The molecule has 22 heavy (non-hydrogen) atoms. The number of nitrogens with one attached hydrogen (secondary N) is 1. The molecule has 0 aliphatic carbocycles. The number of benzene rings is 2. The van der Waals surface area contributed by atoms with Crippen molar-refractivity contribution in [1.82, 2.24) is 5.32 Å². The van der Waals surface area contributed by atoms with Gasteiger partial charge in [-0.1, -0.05) is 35.0 Å². The van der Waals surface area contributed by atoms with Crippen LogP contribution < -0.4 is 10.1 Å². The van der Waals surface area contributed by atoms with Crippen LogP contribution in [0.3, 0.4) is 0 Å². The minimum atomic E-state index is -0.231. The van der Waals surface area contributed by atoms with Crippen molar-refractivity contribution in [1.29, 1.82) is 0 Å². The molecule has 4 heteroatoms. The maximum absolute atomic E-state index is 12.9. The third-order valence-electron chi connectivity index (χ3n) is 3.58. The first-order chi connectivity index (χ1) is 10.6. The predicted octanol–water partition coefficient (Wildman–Crippen LogP) is 5.06. The number of rotatable bonds is 7. The predicted molar refractivity (Wildman–Crippen MR) is 91.5 cm³/mol. The van der Waals surface area contributed by atoms with E-state index in [4.69, 9.17) is 4.74 Å². The first-order valence-electron chi connectivity index (χ1n) is 7.47. The Bertz CT molecular complexity index is 601. The van der Waals surface area contributed by atoms with E-state index in [0.717, 1.165) is 34.3 Å². The van der Waals surface area contributed by atoms with Crippen LogP contribution in [0.2, 0.25) is 0 Å². The molecule has 1 N–H and O–H groups in total. The van der Waals surface area contributed by atoms with Crippen LogP contribution in [0.5, 0.6) is 5.75 Å². The highest BCUT2D eigenvalue weighted by Crippen LogP contribution is 2.24. The topological polar surface area (TPSA) is 21.3 Å². The lowest BCUT2D eigenvalue weighted by molar-refractivity contribution is 0.301. The Morgan fingerprint density at radius 3 is 2.59 bits per heavy atom. The van der Waals surface area contributed by atoms with Crippen molar-refractivity contribution >= 4 is 15.9 Å². The average Bonchev–Trinajstić information content (AvgIpc) is 2.53. The first-order valence-corrected chi connectivity index (χ1v) is 8.27. The summed E-state index contributed by atoms with van der Waals surface area (Å²) in [5.74, 6) is 0.620. The SMILES string of the molecule is CC[C@@H](C)NCc1cc(Br)ccc1OCc1ccc(F)cc1. The fourth-order valence-corrected chi connectivity index (χ4v) is 2.41. The molecule has 0 aliphatic rings. The lowest BCUT2D eigenvalue weighted by Crippen LogP contribution is -2.24. The molecule has 2 aromatic carbocycles. The van der Waals surface area contributed by atoms with Gasteiger partial charge in [-0.25, -0.2) is 4.39 Å². The molecule has 2 aromatic rings. The summed E-state index contributed by atoms with van der Waals surface area (Å²) in [7, 11) is 0. The Labute approximate surface area is 139 Å². The quantitative estimate of drug-likeness (QED) is 0.740. The summed E-state index contributed by atoms with van der Waals surface area (Å²) in [6, 6.07) is 12.8. The maximum atomic E-state index is 12.9. The van der Waals surface area contributed by atoms with Gasteiger partial charge in [0.05, 0.1) is 0 Å². The molecule has 0 radical (unpaired) electrons. The molecule has 0 amide bonds. The van der Waals surface area contributed by atoms with Gasteiger partial charge in [-0.05, 0) is 49.2 Å². The minimum absolute atomic E-state index is 0.231. The molecular formula is C18H21BrFNO. The van der Waals surface area contributed by atoms with E-state index in [1.807, 2.05) is 12.1 Å². The second kappa shape index (κ2) is 8.30. The van der Waals surface area contributed by atoms with Gasteiger partial charge in [0.1, 0.15) is 18.2 Å². The first kappa shape index (κ1) is 17.0. The summed E-state index contributed by atoms with van der Waals surface area (Å²) >= 11 is 3.50. The fraction of sp³-hybridized carbons (Fsp3) is 0.333. The van der Waals surface area contributed by atoms with Crippen LogP contribution in [0.25, 0.3) is 0 Å². The largest absolute Gasteiger partial charge is 0.489 e. The molecule has 0 bridgehead atoms. The molecule has 0 fully saturated rings. The highest BCUT2D eigenvalue weighted by atomic mass is 79.9. The van der Waals surface area contributed by atoms with Crippen LogP contribution in [0.4, 0.5) is 4.39 Å². The highest BCUT2D eigenvalue weighted by Gasteiger charge is 2.07. The normalized spacial score (nSPS) is 12.2. The van der Waals surface area contributed by atoms with E-state index in [2.05, 4.69) is 41.2 Å².